The maximum atomic E-state index is 13.1. The molecule has 0 bridgehead atoms. The lowest BCUT2D eigenvalue weighted by atomic mass is 10.1. The van der Waals surface area contributed by atoms with Gasteiger partial charge in [-0.15, -0.1) is 0 Å². The Morgan fingerprint density at radius 2 is 2.11 bits per heavy atom. The van der Waals surface area contributed by atoms with Crippen LogP contribution in [-0.2, 0) is 4.79 Å². The van der Waals surface area contributed by atoms with Crippen molar-refractivity contribution in [3.05, 3.63) is 34.6 Å². The van der Waals surface area contributed by atoms with Gasteiger partial charge in [0.15, 0.2) is 12.0 Å². The Morgan fingerprint density at radius 3 is 2.68 bits per heavy atom. The molecule has 0 aromatic heterocycles. The summed E-state index contributed by atoms with van der Waals surface area (Å²) in [6.07, 6.45) is 0. The average Bonchev–Trinajstić information content (AvgIpc) is 2.61. The van der Waals surface area contributed by atoms with Crippen LogP contribution in [0.1, 0.15) is 32.4 Å². The third-order valence-corrected chi connectivity index (χ3v) is 2.79. The second kappa shape index (κ2) is 4.81. The van der Waals surface area contributed by atoms with Crippen molar-refractivity contribution in [2.75, 3.05) is 0 Å². The summed E-state index contributed by atoms with van der Waals surface area (Å²) in [4.78, 5) is 16.1. The first kappa shape index (κ1) is 13.8. The SMILES string of the molecule is CC(C)(C)NC1=NC(c2ccc(F)c(Cl)c2)C(=O)N1. The molecule has 19 heavy (non-hydrogen) atoms. The first-order chi connectivity index (χ1) is 8.76. The minimum Gasteiger partial charge on any atom is -0.351 e. The lowest BCUT2D eigenvalue weighted by Crippen LogP contribution is -2.46. The number of benzene rings is 1. The molecule has 1 atom stereocenters. The number of hydrogen-bond acceptors (Lipinski definition) is 3. The molecule has 0 fully saturated rings. The molecular weight excluding hydrogens is 269 g/mol. The molecule has 0 saturated heterocycles. The third kappa shape index (κ3) is 3.23. The topological polar surface area (TPSA) is 53.5 Å². The fourth-order valence-electron chi connectivity index (χ4n) is 1.73. The summed E-state index contributed by atoms with van der Waals surface area (Å²) in [7, 11) is 0. The molecule has 2 N–H and O–H groups in total. The van der Waals surface area contributed by atoms with Crippen LogP contribution in [0.3, 0.4) is 0 Å². The number of carbonyl (C=O) groups excluding carboxylic acids is 1. The predicted molar refractivity (Wildman–Crippen MR) is 72.6 cm³/mol. The van der Waals surface area contributed by atoms with Crippen LogP contribution in [0, 0.1) is 5.82 Å². The Hall–Kier alpha value is -1.62. The van der Waals surface area contributed by atoms with E-state index in [-0.39, 0.29) is 16.5 Å². The second-order valence-electron chi connectivity index (χ2n) is 5.42. The monoisotopic (exact) mass is 283 g/mol. The molecular formula is C13H15ClFN3O. The number of aliphatic imine (C=N–C) groups is 1. The van der Waals surface area contributed by atoms with E-state index in [2.05, 4.69) is 15.6 Å². The summed E-state index contributed by atoms with van der Waals surface area (Å²) >= 11 is 5.71. The van der Waals surface area contributed by atoms with Gasteiger partial charge in [-0.3, -0.25) is 10.1 Å². The zero-order chi connectivity index (χ0) is 14.2. The Balaban J connectivity index is 2.25. The molecule has 0 saturated carbocycles. The van der Waals surface area contributed by atoms with Crippen LogP contribution in [0.2, 0.25) is 5.02 Å². The maximum Gasteiger partial charge on any atom is 0.256 e. The second-order valence-corrected chi connectivity index (χ2v) is 5.83. The van der Waals surface area contributed by atoms with Crippen molar-refractivity contribution in [3.63, 3.8) is 0 Å². The van der Waals surface area contributed by atoms with Gasteiger partial charge in [-0.05, 0) is 38.5 Å². The molecule has 1 aliphatic rings. The molecule has 0 spiro atoms. The fourth-order valence-corrected chi connectivity index (χ4v) is 1.92. The van der Waals surface area contributed by atoms with Crippen molar-refractivity contribution >= 4 is 23.5 Å². The van der Waals surface area contributed by atoms with E-state index >= 15 is 0 Å². The normalized spacial score (nSPS) is 19.1. The minimum absolute atomic E-state index is 0.0160. The Morgan fingerprint density at radius 1 is 1.42 bits per heavy atom. The molecule has 1 heterocycles. The van der Waals surface area contributed by atoms with Crippen molar-refractivity contribution in [1.29, 1.82) is 0 Å². The smallest absolute Gasteiger partial charge is 0.256 e. The van der Waals surface area contributed by atoms with Gasteiger partial charge in [0.05, 0.1) is 5.02 Å². The van der Waals surface area contributed by atoms with Gasteiger partial charge in [-0.1, -0.05) is 17.7 Å². The standard InChI is InChI=1S/C13H15ClFN3O/c1-13(2,3)18-12-16-10(11(19)17-12)7-4-5-9(15)8(14)6-7/h4-6,10H,1-3H3,(H2,16,17,18,19). The number of halogens is 2. The van der Waals surface area contributed by atoms with E-state index in [9.17, 15) is 9.18 Å². The van der Waals surface area contributed by atoms with E-state index < -0.39 is 11.9 Å². The molecule has 2 rings (SSSR count). The number of amides is 1. The van der Waals surface area contributed by atoms with Gasteiger partial charge >= 0.3 is 0 Å². The highest BCUT2D eigenvalue weighted by atomic mass is 35.5. The highest BCUT2D eigenvalue weighted by molar-refractivity contribution is 6.30. The van der Waals surface area contributed by atoms with Gasteiger partial charge < -0.3 is 5.32 Å². The van der Waals surface area contributed by atoms with Crippen molar-refractivity contribution in [3.8, 4) is 0 Å². The molecule has 1 amide bonds. The third-order valence-electron chi connectivity index (χ3n) is 2.50. The highest BCUT2D eigenvalue weighted by Gasteiger charge is 2.29. The predicted octanol–water partition coefficient (Wildman–Crippen LogP) is 2.39. The number of nitrogens with one attached hydrogen (secondary N) is 2. The fraction of sp³-hybridized carbons (Fsp3) is 0.385. The summed E-state index contributed by atoms with van der Waals surface area (Å²) in [5.74, 6) is -0.349. The van der Waals surface area contributed by atoms with Gasteiger partial charge in [0.1, 0.15) is 5.82 Å². The van der Waals surface area contributed by atoms with Crippen LogP contribution in [-0.4, -0.2) is 17.4 Å². The summed E-state index contributed by atoms with van der Waals surface area (Å²) in [5, 5.41) is 5.73. The molecule has 1 aliphatic heterocycles. The summed E-state index contributed by atoms with van der Waals surface area (Å²) in [6.45, 7) is 5.89. The minimum atomic E-state index is -0.692. The van der Waals surface area contributed by atoms with E-state index in [4.69, 9.17) is 11.6 Å². The Kier molecular flexibility index (Phi) is 3.49. The summed E-state index contributed by atoms with van der Waals surface area (Å²) in [6, 6.07) is 3.47. The molecule has 0 radical (unpaired) electrons. The summed E-state index contributed by atoms with van der Waals surface area (Å²) < 4.78 is 13.1. The molecule has 1 unspecified atom stereocenters. The van der Waals surface area contributed by atoms with Crippen LogP contribution in [0.25, 0.3) is 0 Å². The lowest BCUT2D eigenvalue weighted by molar-refractivity contribution is -0.120. The molecule has 6 heteroatoms. The molecule has 1 aromatic rings. The number of nitrogens with zero attached hydrogens (tertiary/aromatic N) is 1. The van der Waals surface area contributed by atoms with Crippen LogP contribution in [0.5, 0.6) is 0 Å². The zero-order valence-electron chi connectivity index (χ0n) is 10.9. The van der Waals surface area contributed by atoms with E-state index in [0.29, 0.717) is 11.5 Å². The summed E-state index contributed by atoms with van der Waals surface area (Å²) in [5.41, 5.74) is 0.358. The number of carbonyl (C=O) groups is 1. The lowest BCUT2D eigenvalue weighted by Gasteiger charge is -2.21. The average molecular weight is 284 g/mol. The van der Waals surface area contributed by atoms with Gasteiger partial charge in [0.2, 0.25) is 0 Å². The first-order valence-corrected chi connectivity index (χ1v) is 6.26. The molecule has 4 nitrogen and oxygen atoms in total. The number of hydrogen-bond donors (Lipinski definition) is 2. The first-order valence-electron chi connectivity index (χ1n) is 5.88. The largest absolute Gasteiger partial charge is 0.351 e. The van der Waals surface area contributed by atoms with Crippen LogP contribution >= 0.6 is 11.6 Å². The number of guanidine groups is 1. The Bertz CT molecular complexity index is 551. The Labute approximate surface area is 116 Å². The van der Waals surface area contributed by atoms with Crippen LogP contribution in [0.4, 0.5) is 4.39 Å². The van der Waals surface area contributed by atoms with Gasteiger partial charge in [-0.2, -0.15) is 0 Å². The van der Waals surface area contributed by atoms with E-state index in [0.717, 1.165) is 0 Å². The van der Waals surface area contributed by atoms with E-state index in [1.54, 1.807) is 0 Å². The quantitative estimate of drug-likeness (QED) is 0.831. The molecule has 0 aliphatic carbocycles. The van der Waals surface area contributed by atoms with Crippen LogP contribution < -0.4 is 10.6 Å². The van der Waals surface area contributed by atoms with Crippen molar-refractivity contribution in [2.24, 2.45) is 4.99 Å². The van der Waals surface area contributed by atoms with Crippen molar-refractivity contribution < 1.29 is 9.18 Å². The highest BCUT2D eigenvalue weighted by Crippen LogP contribution is 2.25. The zero-order valence-corrected chi connectivity index (χ0v) is 11.7. The molecule has 102 valence electrons. The molecule has 1 aromatic carbocycles. The van der Waals surface area contributed by atoms with Gasteiger partial charge in [0.25, 0.3) is 5.91 Å². The maximum absolute atomic E-state index is 13.1. The van der Waals surface area contributed by atoms with Gasteiger partial charge in [-0.25, -0.2) is 9.38 Å². The van der Waals surface area contributed by atoms with Gasteiger partial charge in [0, 0.05) is 5.54 Å². The van der Waals surface area contributed by atoms with E-state index in [1.165, 1.54) is 18.2 Å². The van der Waals surface area contributed by atoms with E-state index in [1.807, 2.05) is 20.8 Å². The van der Waals surface area contributed by atoms with Crippen molar-refractivity contribution in [2.45, 2.75) is 32.4 Å². The van der Waals surface area contributed by atoms with Crippen LogP contribution in [0.15, 0.2) is 23.2 Å². The van der Waals surface area contributed by atoms with Crippen molar-refractivity contribution in [1.82, 2.24) is 10.6 Å². The number of rotatable bonds is 1.